The summed E-state index contributed by atoms with van der Waals surface area (Å²) >= 11 is 0. The summed E-state index contributed by atoms with van der Waals surface area (Å²) in [6.07, 6.45) is 0. The predicted molar refractivity (Wildman–Crippen MR) is 402 cm³/mol. The molecule has 19 rings (SSSR count). The minimum absolute atomic E-state index is 0.107. The fourth-order valence-electron chi connectivity index (χ4n) is 17.9. The van der Waals surface area contributed by atoms with Gasteiger partial charge in [-0.2, -0.15) is 0 Å². The van der Waals surface area contributed by atoms with Crippen LogP contribution in [0, 0.1) is 6.92 Å². The van der Waals surface area contributed by atoms with Gasteiger partial charge in [0.15, 0.2) is 0 Å². The van der Waals surface area contributed by atoms with E-state index in [1.807, 2.05) is 0 Å². The minimum atomic E-state index is -0.254. The zero-order valence-electron chi connectivity index (χ0n) is 54.1. The molecule has 0 bridgehead atoms. The standard InChI is InChI=1S/C94H68/c1-55-36-38-56(39-37-55)86-68-23-8-10-25-70(68)87(71-26-11-9-24-69(71)86)60-43-48-66-64-45-40-57(50-81(64)93(4,5)84(66)53-60)58-41-46-65-67-49-44-61(54-85(67)94(6,7)82(65)51-58)89-74-29-14-18-33-78(74)91(79-34-19-15-30-75(79)89)90-76-31-16-12-27-72(76)88(73-28-13-17-32-77(73)90)59-42-47-63-62-22-20-21-35-80(62)92(2,3)83(63)52-59/h8-54H,1-7H3. The fraction of sp³-hybridized carbons (Fsp3) is 0.106. The van der Waals surface area contributed by atoms with Crippen LogP contribution in [0.5, 0.6) is 0 Å². The van der Waals surface area contributed by atoms with Crippen molar-refractivity contribution in [2.45, 2.75) is 64.7 Å². The molecule has 0 radical (unpaired) electrons. The molecule has 3 aliphatic rings. The van der Waals surface area contributed by atoms with Crippen molar-refractivity contribution in [1.82, 2.24) is 0 Å². The summed E-state index contributed by atoms with van der Waals surface area (Å²) in [6.45, 7) is 16.7. The Bertz CT molecular complexity index is 5830. The number of fused-ring (bicyclic) bond motifs is 15. The van der Waals surface area contributed by atoms with E-state index in [2.05, 4.69) is 334 Å². The molecule has 0 amide bonds. The maximum atomic E-state index is 2.53. The summed E-state index contributed by atoms with van der Waals surface area (Å²) in [5.41, 5.74) is 32.2. The van der Waals surface area contributed by atoms with Gasteiger partial charge in [-0.25, -0.2) is 0 Å². The number of aryl methyl sites for hydroxylation is 1. The first-order valence-corrected chi connectivity index (χ1v) is 33.6. The van der Waals surface area contributed by atoms with Gasteiger partial charge in [-0.1, -0.05) is 302 Å². The summed E-state index contributed by atoms with van der Waals surface area (Å²) in [7, 11) is 0. The molecular formula is C94H68. The lowest BCUT2D eigenvalue weighted by atomic mass is 9.78. The van der Waals surface area contributed by atoms with E-state index in [1.165, 1.54) is 204 Å². The third-order valence-corrected chi connectivity index (χ3v) is 22.5. The first-order valence-electron chi connectivity index (χ1n) is 33.6. The summed E-state index contributed by atoms with van der Waals surface area (Å²) in [5, 5.41) is 15.2. The minimum Gasteiger partial charge on any atom is -0.0619 e. The van der Waals surface area contributed by atoms with E-state index in [1.54, 1.807) is 0 Å². The molecule has 3 aliphatic carbocycles. The van der Waals surface area contributed by atoms with E-state index in [0.29, 0.717) is 0 Å². The third kappa shape index (κ3) is 7.63. The second-order valence-corrected chi connectivity index (χ2v) is 28.6. The molecule has 0 heteroatoms. The average molecular weight is 1200 g/mol. The molecule has 0 saturated heterocycles. The second kappa shape index (κ2) is 19.8. The van der Waals surface area contributed by atoms with Crippen molar-refractivity contribution < 1.29 is 0 Å². The van der Waals surface area contributed by atoms with E-state index in [-0.39, 0.29) is 16.2 Å². The Labute approximate surface area is 550 Å². The predicted octanol–water partition coefficient (Wildman–Crippen LogP) is 25.8. The summed E-state index contributed by atoms with van der Waals surface area (Å²) in [4.78, 5) is 0. The number of hydrogen-bond donors (Lipinski definition) is 0. The van der Waals surface area contributed by atoms with Gasteiger partial charge in [0.2, 0.25) is 0 Å². The van der Waals surface area contributed by atoms with E-state index in [0.717, 1.165) is 0 Å². The first-order chi connectivity index (χ1) is 45.8. The third-order valence-electron chi connectivity index (χ3n) is 22.5. The molecule has 444 valence electrons. The average Bonchev–Trinajstić information content (AvgIpc) is 0.984. The molecule has 0 aliphatic heterocycles. The fourth-order valence-corrected chi connectivity index (χ4v) is 17.9. The Morgan fingerprint density at radius 2 is 0.372 bits per heavy atom. The highest BCUT2D eigenvalue weighted by Crippen LogP contribution is 2.57. The SMILES string of the molecule is Cc1ccc(-c2c3ccccc3c(-c3ccc4c(c3)C(C)(C)c3cc(-c5ccc6c(c5)C(C)(C)c5cc(-c7c8ccccc8c(-c8c9ccccc9c(-c9ccc%10c(c9)C(C)(C)c9ccccc9-%10)c9ccccc89)c8ccccc78)ccc5-6)ccc3-4)c3ccccc23)cc1. The Morgan fingerprint density at radius 3 is 0.670 bits per heavy atom. The quantitative estimate of drug-likeness (QED) is 0.146. The van der Waals surface area contributed by atoms with Gasteiger partial charge < -0.3 is 0 Å². The topological polar surface area (TPSA) is 0 Å². The molecule has 16 aromatic rings. The van der Waals surface area contributed by atoms with Crippen LogP contribution >= 0.6 is 0 Å². The molecule has 0 atom stereocenters. The maximum absolute atomic E-state index is 2.53. The van der Waals surface area contributed by atoms with Crippen LogP contribution in [0.3, 0.4) is 0 Å². The van der Waals surface area contributed by atoms with Crippen LogP contribution in [0.4, 0.5) is 0 Å². The lowest BCUT2D eigenvalue weighted by Gasteiger charge is -2.25. The first kappa shape index (κ1) is 54.8. The van der Waals surface area contributed by atoms with Gasteiger partial charge in [0.25, 0.3) is 0 Å². The molecule has 0 spiro atoms. The number of benzene rings is 16. The Balaban J connectivity index is 0.694. The van der Waals surface area contributed by atoms with Gasteiger partial charge in [0.05, 0.1) is 0 Å². The van der Waals surface area contributed by atoms with Crippen LogP contribution in [0.1, 0.15) is 80.5 Å². The molecular weight excluding hydrogens is 1130 g/mol. The smallest absolute Gasteiger partial charge is 0.0159 e. The molecule has 0 aromatic heterocycles. The molecule has 0 saturated carbocycles. The van der Waals surface area contributed by atoms with Crippen LogP contribution in [0.2, 0.25) is 0 Å². The molecule has 0 heterocycles. The lowest BCUT2D eigenvalue weighted by Crippen LogP contribution is -2.15. The van der Waals surface area contributed by atoms with Crippen LogP contribution in [-0.4, -0.2) is 0 Å². The number of hydrogen-bond acceptors (Lipinski definition) is 0. The van der Waals surface area contributed by atoms with Crippen molar-refractivity contribution in [3.8, 4) is 100 Å². The molecule has 0 fully saturated rings. The van der Waals surface area contributed by atoms with Gasteiger partial charge >= 0.3 is 0 Å². The molecule has 0 N–H and O–H groups in total. The largest absolute Gasteiger partial charge is 0.0619 e. The summed E-state index contributed by atoms with van der Waals surface area (Å²) in [6, 6.07) is 109. The van der Waals surface area contributed by atoms with Crippen LogP contribution < -0.4 is 0 Å². The Kier molecular flexibility index (Phi) is 11.5. The van der Waals surface area contributed by atoms with E-state index in [4.69, 9.17) is 0 Å². The van der Waals surface area contributed by atoms with Gasteiger partial charge in [-0.3, -0.25) is 0 Å². The second-order valence-electron chi connectivity index (χ2n) is 28.6. The van der Waals surface area contributed by atoms with Crippen molar-refractivity contribution in [2.24, 2.45) is 0 Å². The molecule has 16 aromatic carbocycles. The normalized spacial score (nSPS) is 14.4. The maximum Gasteiger partial charge on any atom is 0.0159 e. The highest BCUT2D eigenvalue weighted by atomic mass is 14.4. The van der Waals surface area contributed by atoms with E-state index < -0.39 is 0 Å². The van der Waals surface area contributed by atoms with Crippen molar-refractivity contribution >= 4 is 64.6 Å². The zero-order valence-corrected chi connectivity index (χ0v) is 54.1. The highest BCUT2D eigenvalue weighted by Gasteiger charge is 2.40. The van der Waals surface area contributed by atoms with Crippen molar-refractivity contribution in [1.29, 1.82) is 0 Å². The van der Waals surface area contributed by atoms with E-state index in [9.17, 15) is 0 Å². The van der Waals surface area contributed by atoms with Gasteiger partial charge in [0, 0.05) is 16.2 Å². The van der Waals surface area contributed by atoms with Crippen molar-refractivity contribution in [3.05, 3.63) is 324 Å². The molecule has 0 unspecified atom stereocenters. The van der Waals surface area contributed by atoms with Gasteiger partial charge in [-0.05, 0) is 235 Å². The zero-order chi connectivity index (χ0) is 63.1. The van der Waals surface area contributed by atoms with Gasteiger partial charge in [-0.15, -0.1) is 0 Å². The van der Waals surface area contributed by atoms with Crippen LogP contribution in [0.25, 0.3) is 165 Å². The van der Waals surface area contributed by atoms with Crippen LogP contribution in [0.15, 0.2) is 285 Å². The van der Waals surface area contributed by atoms with Crippen molar-refractivity contribution in [3.63, 3.8) is 0 Å². The van der Waals surface area contributed by atoms with Crippen molar-refractivity contribution in [2.75, 3.05) is 0 Å². The molecule has 94 heavy (non-hydrogen) atoms. The Hall–Kier alpha value is -10.9. The Morgan fingerprint density at radius 1 is 0.170 bits per heavy atom. The van der Waals surface area contributed by atoms with E-state index >= 15 is 0 Å². The summed E-state index contributed by atoms with van der Waals surface area (Å²) < 4.78 is 0. The molecule has 0 nitrogen and oxygen atoms in total. The summed E-state index contributed by atoms with van der Waals surface area (Å²) in [5.74, 6) is 0. The van der Waals surface area contributed by atoms with Crippen LogP contribution in [-0.2, 0) is 16.2 Å². The lowest BCUT2D eigenvalue weighted by molar-refractivity contribution is 0.660. The van der Waals surface area contributed by atoms with Gasteiger partial charge in [0.1, 0.15) is 0 Å². The highest BCUT2D eigenvalue weighted by molar-refractivity contribution is 6.30. The number of rotatable bonds is 6. The monoisotopic (exact) mass is 1200 g/mol.